The van der Waals surface area contributed by atoms with Crippen LogP contribution in [-0.4, -0.2) is 56.1 Å². The molecule has 6 nitrogen and oxygen atoms in total. The Bertz CT molecular complexity index is 925. The number of nitrogens with zero attached hydrogens (tertiary/aromatic N) is 1. The summed E-state index contributed by atoms with van der Waals surface area (Å²) in [4.78, 5) is 26.4. The summed E-state index contributed by atoms with van der Waals surface area (Å²) in [6.07, 6.45) is -4.65. The molecule has 1 aliphatic heterocycles. The highest BCUT2D eigenvalue weighted by atomic mass is 19.4. The fourth-order valence-electron chi connectivity index (χ4n) is 3.28. The van der Waals surface area contributed by atoms with Crippen molar-refractivity contribution in [3.8, 4) is 11.1 Å². The van der Waals surface area contributed by atoms with Crippen molar-refractivity contribution in [2.24, 2.45) is 5.73 Å². The van der Waals surface area contributed by atoms with Gasteiger partial charge in [0.05, 0.1) is 18.8 Å². The summed E-state index contributed by atoms with van der Waals surface area (Å²) in [7, 11) is 0. The van der Waals surface area contributed by atoms with E-state index in [9.17, 15) is 22.8 Å². The predicted octanol–water partition coefficient (Wildman–Crippen LogP) is 2.53. The molecule has 2 aromatic rings. The Hall–Kier alpha value is -2.91. The van der Waals surface area contributed by atoms with E-state index in [0.717, 1.165) is 25.2 Å². The molecule has 2 aromatic carbocycles. The summed E-state index contributed by atoms with van der Waals surface area (Å²) in [6, 6.07) is 9.13. The Labute approximate surface area is 171 Å². The Morgan fingerprint density at radius 1 is 1.10 bits per heavy atom. The van der Waals surface area contributed by atoms with Gasteiger partial charge in [0.1, 0.15) is 0 Å². The van der Waals surface area contributed by atoms with E-state index in [4.69, 9.17) is 10.5 Å². The van der Waals surface area contributed by atoms with E-state index in [-0.39, 0.29) is 22.3 Å². The number of ether oxygens (including phenoxy) is 1. The number of halogens is 3. The van der Waals surface area contributed by atoms with E-state index in [0.29, 0.717) is 26.3 Å². The smallest absolute Gasteiger partial charge is 0.379 e. The fraction of sp³-hybridized carbons (Fsp3) is 0.333. The van der Waals surface area contributed by atoms with Gasteiger partial charge in [0.2, 0.25) is 5.91 Å². The van der Waals surface area contributed by atoms with Crippen LogP contribution in [0.15, 0.2) is 42.5 Å². The molecule has 0 aromatic heterocycles. The normalized spacial score (nSPS) is 15.0. The largest absolute Gasteiger partial charge is 0.416 e. The van der Waals surface area contributed by atoms with Gasteiger partial charge in [0, 0.05) is 37.3 Å². The van der Waals surface area contributed by atoms with Crippen LogP contribution >= 0.6 is 0 Å². The number of carbonyl (C=O) groups is 2. The van der Waals surface area contributed by atoms with Crippen LogP contribution < -0.4 is 11.1 Å². The Kier molecular flexibility index (Phi) is 6.73. The first-order valence-corrected chi connectivity index (χ1v) is 9.45. The highest BCUT2D eigenvalue weighted by Gasteiger charge is 2.32. The molecule has 0 spiro atoms. The molecule has 9 heteroatoms. The maximum atomic E-state index is 13.4. The van der Waals surface area contributed by atoms with E-state index in [1.54, 1.807) is 12.1 Å². The molecule has 1 saturated heterocycles. The highest BCUT2D eigenvalue weighted by Crippen LogP contribution is 2.34. The minimum Gasteiger partial charge on any atom is -0.379 e. The second-order valence-corrected chi connectivity index (χ2v) is 6.92. The van der Waals surface area contributed by atoms with E-state index in [1.165, 1.54) is 18.2 Å². The third kappa shape index (κ3) is 5.37. The van der Waals surface area contributed by atoms with Gasteiger partial charge in [0.15, 0.2) is 0 Å². The summed E-state index contributed by atoms with van der Waals surface area (Å²) in [5.74, 6) is -1.38. The Morgan fingerprint density at radius 3 is 2.47 bits per heavy atom. The van der Waals surface area contributed by atoms with E-state index in [2.05, 4.69) is 10.2 Å². The van der Waals surface area contributed by atoms with Gasteiger partial charge in [0.25, 0.3) is 5.91 Å². The quantitative estimate of drug-likeness (QED) is 0.751. The number of nitrogens with one attached hydrogen (secondary N) is 1. The molecule has 0 unspecified atom stereocenters. The third-order valence-electron chi connectivity index (χ3n) is 4.84. The minimum absolute atomic E-state index is 0.0792. The second kappa shape index (κ2) is 9.27. The summed E-state index contributed by atoms with van der Waals surface area (Å²) in [5, 5.41) is 2.66. The van der Waals surface area contributed by atoms with Crippen LogP contribution in [-0.2, 0) is 10.9 Å². The number of alkyl halides is 3. The third-order valence-corrected chi connectivity index (χ3v) is 4.84. The van der Waals surface area contributed by atoms with Gasteiger partial charge in [-0.15, -0.1) is 0 Å². The number of hydrogen-bond acceptors (Lipinski definition) is 4. The molecule has 0 saturated carbocycles. The average molecular weight is 421 g/mol. The zero-order valence-corrected chi connectivity index (χ0v) is 16.2. The van der Waals surface area contributed by atoms with Crippen LogP contribution in [0.3, 0.4) is 0 Å². The topological polar surface area (TPSA) is 84.7 Å². The molecule has 160 valence electrons. The van der Waals surface area contributed by atoms with Gasteiger partial charge >= 0.3 is 6.18 Å². The first kappa shape index (κ1) is 21.8. The first-order chi connectivity index (χ1) is 14.3. The molecule has 30 heavy (non-hydrogen) atoms. The van der Waals surface area contributed by atoms with Crippen molar-refractivity contribution in [1.29, 1.82) is 0 Å². The van der Waals surface area contributed by atoms with Crippen molar-refractivity contribution >= 4 is 11.8 Å². The fourth-order valence-corrected chi connectivity index (χ4v) is 3.28. The van der Waals surface area contributed by atoms with Crippen molar-refractivity contribution in [2.45, 2.75) is 6.18 Å². The molecule has 2 amide bonds. The second-order valence-electron chi connectivity index (χ2n) is 6.92. The zero-order chi connectivity index (χ0) is 21.7. The van der Waals surface area contributed by atoms with Gasteiger partial charge in [-0.1, -0.05) is 18.2 Å². The highest BCUT2D eigenvalue weighted by molar-refractivity contribution is 6.01. The zero-order valence-electron chi connectivity index (χ0n) is 16.2. The van der Waals surface area contributed by atoms with Crippen LogP contribution in [0.25, 0.3) is 11.1 Å². The molecule has 0 atom stereocenters. The molecule has 1 aliphatic rings. The van der Waals surface area contributed by atoms with E-state index in [1.807, 2.05) is 0 Å². The molecule has 1 fully saturated rings. The Morgan fingerprint density at radius 2 is 1.80 bits per heavy atom. The molecular formula is C21H22F3N3O3. The number of carbonyl (C=O) groups excluding carboxylic acids is 2. The van der Waals surface area contributed by atoms with Gasteiger partial charge in [-0.2, -0.15) is 13.2 Å². The molecule has 3 rings (SSSR count). The van der Waals surface area contributed by atoms with Crippen LogP contribution in [0.1, 0.15) is 26.3 Å². The monoisotopic (exact) mass is 421 g/mol. The number of rotatable bonds is 6. The number of nitrogens with two attached hydrogens (primary N) is 1. The van der Waals surface area contributed by atoms with Crippen LogP contribution in [0.2, 0.25) is 0 Å². The van der Waals surface area contributed by atoms with Gasteiger partial charge in [-0.25, -0.2) is 0 Å². The SMILES string of the molecule is NC(=O)c1ccccc1-c1cc(C(=O)NCCN2CCOCC2)cc(C(F)(F)F)c1. The summed E-state index contributed by atoms with van der Waals surface area (Å²) in [6.45, 7) is 3.59. The van der Waals surface area contributed by atoms with E-state index >= 15 is 0 Å². The van der Waals surface area contributed by atoms with Crippen LogP contribution in [0.5, 0.6) is 0 Å². The number of primary amides is 1. The van der Waals surface area contributed by atoms with Gasteiger partial charge in [-0.3, -0.25) is 14.5 Å². The van der Waals surface area contributed by atoms with E-state index < -0.39 is 23.6 Å². The Balaban J connectivity index is 1.86. The number of hydrogen-bond donors (Lipinski definition) is 2. The molecule has 1 heterocycles. The predicted molar refractivity (Wildman–Crippen MR) is 105 cm³/mol. The maximum Gasteiger partial charge on any atom is 0.416 e. The first-order valence-electron chi connectivity index (χ1n) is 9.45. The van der Waals surface area contributed by atoms with Crippen molar-refractivity contribution in [3.05, 3.63) is 59.2 Å². The lowest BCUT2D eigenvalue weighted by molar-refractivity contribution is -0.137. The van der Waals surface area contributed by atoms with Crippen molar-refractivity contribution in [2.75, 3.05) is 39.4 Å². The number of morpholine rings is 1. The summed E-state index contributed by atoms with van der Waals surface area (Å²) < 4.78 is 45.6. The molecule has 3 N–H and O–H groups in total. The van der Waals surface area contributed by atoms with Gasteiger partial charge < -0.3 is 15.8 Å². The number of amides is 2. The lowest BCUT2D eigenvalue weighted by Gasteiger charge is -2.26. The maximum absolute atomic E-state index is 13.4. The standard InChI is InChI=1S/C21H22F3N3O3/c22-21(23,24)16-12-14(17-3-1-2-4-18(17)19(25)28)11-15(13-16)20(29)26-5-6-27-7-9-30-10-8-27/h1-4,11-13H,5-10H2,(H2,25,28)(H,26,29). The lowest BCUT2D eigenvalue weighted by atomic mass is 9.95. The lowest BCUT2D eigenvalue weighted by Crippen LogP contribution is -2.41. The molecule has 0 bridgehead atoms. The van der Waals surface area contributed by atoms with Crippen molar-refractivity contribution in [1.82, 2.24) is 10.2 Å². The molecule has 0 radical (unpaired) electrons. The number of benzene rings is 2. The van der Waals surface area contributed by atoms with Gasteiger partial charge in [-0.05, 0) is 35.4 Å². The van der Waals surface area contributed by atoms with Crippen molar-refractivity contribution < 1.29 is 27.5 Å². The van der Waals surface area contributed by atoms with Crippen LogP contribution in [0.4, 0.5) is 13.2 Å². The van der Waals surface area contributed by atoms with Crippen LogP contribution in [0, 0.1) is 0 Å². The minimum atomic E-state index is -4.65. The summed E-state index contributed by atoms with van der Waals surface area (Å²) >= 11 is 0. The molecule has 0 aliphatic carbocycles. The summed E-state index contributed by atoms with van der Waals surface area (Å²) in [5.41, 5.74) is 4.65. The average Bonchev–Trinajstić information content (AvgIpc) is 2.73. The van der Waals surface area contributed by atoms with Crippen molar-refractivity contribution in [3.63, 3.8) is 0 Å². The molecular weight excluding hydrogens is 399 g/mol.